The zero-order chi connectivity index (χ0) is 15.8. The number of nitrogens with zero attached hydrogens (tertiary/aromatic N) is 2. The number of hydrogen-bond acceptors (Lipinski definition) is 5. The fourth-order valence-corrected chi connectivity index (χ4v) is 4.44. The number of thiophene rings is 2. The zero-order valence-electron chi connectivity index (χ0n) is 11.8. The van der Waals surface area contributed by atoms with Crippen LogP contribution in [0.3, 0.4) is 0 Å². The van der Waals surface area contributed by atoms with Crippen LogP contribution >= 0.6 is 22.7 Å². The van der Waals surface area contributed by atoms with Crippen molar-refractivity contribution in [1.82, 2.24) is 9.97 Å². The van der Waals surface area contributed by atoms with E-state index < -0.39 is 5.97 Å². The summed E-state index contributed by atoms with van der Waals surface area (Å²) in [5, 5.41) is 12.4. The minimum absolute atomic E-state index is 0.207. The van der Waals surface area contributed by atoms with Crippen molar-refractivity contribution < 1.29 is 9.90 Å². The van der Waals surface area contributed by atoms with E-state index in [4.69, 9.17) is 5.11 Å². The van der Waals surface area contributed by atoms with Crippen LogP contribution in [0.15, 0.2) is 54.2 Å². The average molecular weight is 338 g/mol. The molecule has 1 N–H and O–H groups in total. The lowest BCUT2D eigenvalue weighted by Crippen LogP contribution is -1.97. The maximum Gasteiger partial charge on any atom is 0.335 e. The Labute approximate surface area is 139 Å². The molecule has 0 amide bonds. The lowest BCUT2D eigenvalue weighted by Gasteiger charge is -2.03. The largest absolute Gasteiger partial charge is 0.478 e. The molecule has 4 nitrogen and oxygen atoms in total. The van der Waals surface area contributed by atoms with Crippen molar-refractivity contribution >= 4 is 38.0 Å². The lowest BCUT2D eigenvalue weighted by molar-refractivity contribution is 0.0697. The summed E-state index contributed by atoms with van der Waals surface area (Å²) in [7, 11) is 0. The van der Waals surface area contributed by atoms with E-state index in [0.717, 1.165) is 5.56 Å². The van der Waals surface area contributed by atoms with Crippen LogP contribution in [0.1, 0.15) is 10.4 Å². The molecule has 4 heterocycles. The molecule has 0 radical (unpaired) electrons. The summed E-state index contributed by atoms with van der Waals surface area (Å²) in [4.78, 5) is 20.8. The van der Waals surface area contributed by atoms with Gasteiger partial charge in [-0.1, -0.05) is 0 Å². The molecule has 0 saturated heterocycles. The predicted molar refractivity (Wildman–Crippen MR) is 93.1 cm³/mol. The number of fused-ring (bicyclic) bond motifs is 1. The van der Waals surface area contributed by atoms with Gasteiger partial charge in [-0.05, 0) is 47.3 Å². The number of carboxylic acids is 1. The van der Waals surface area contributed by atoms with Gasteiger partial charge in [-0.3, -0.25) is 9.97 Å². The van der Waals surface area contributed by atoms with Crippen LogP contribution in [0.25, 0.3) is 31.2 Å². The van der Waals surface area contributed by atoms with Crippen molar-refractivity contribution in [2.45, 2.75) is 0 Å². The van der Waals surface area contributed by atoms with Crippen molar-refractivity contribution in [2.75, 3.05) is 0 Å². The molecule has 0 aliphatic carbocycles. The second-order valence-electron chi connectivity index (χ2n) is 4.94. The monoisotopic (exact) mass is 338 g/mol. The number of carboxylic acid groups (broad SMARTS) is 1. The van der Waals surface area contributed by atoms with E-state index in [1.807, 2.05) is 12.1 Å². The van der Waals surface area contributed by atoms with E-state index in [0.29, 0.717) is 11.4 Å². The van der Waals surface area contributed by atoms with Gasteiger partial charge in [0.25, 0.3) is 0 Å². The van der Waals surface area contributed by atoms with Crippen molar-refractivity contribution in [1.29, 1.82) is 0 Å². The van der Waals surface area contributed by atoms with E-state index in [-0.39, 0.29) is 5.56 Å². The maximum atomic E-state index is 11.1. The minimum Gasteiger partial charge on any atom is -0.478 e. The smallest absolute Gasteiger partial charge is 0.335 e. The van der Waals surface area contributed by atoms with Gasteiger partial charge in [0.2, 0.25) is 0 Å². The van der Waals surface area contributed by atoms with Gasteiger partial charge < -0.3 is 5.11 Å². The minimum atomic E-state index is -0.969. The lowest BCUT2D eigenvalue weighted by atomic mass is 10.1. The first-order chi connectivity index (χ1) is 11.2. The summed E-state index contributed by atoms with van der Waals surface area (Å²) in [5.41, 5.74) is 2.50. The molecule has 0 unspecified atom stereocenters. The molecule has 4 rings (SSSR count). The Bertz CT molecular complexity index is 992. The van der Waals surface area contributed by atoms with Crippen LogP contribution in [0.4, 0.5) is 0 Å². The zero-order valence-corrected chi connectivity index (χ0v) is 13.4. The highest BCUT2D eigenvalue weighted by molar-refractivity contribution is 7.39. The van der Waals surface area contributed by atoms with Crippen LogP contribution in [0.5, 0.6) is 0 Å². The predicted octanol–water partition coefficient (Wildman–Crippen LogP) is 4.79. The standard InChI is InChI=1S/C17H10N2O2S2/c20-16(21)11-2-5-19-14(8-11)13-7-10(1-4-18-13)15-9-12-3-6-22-17(12)23-15/h1-9H,(H,20,21). The summed E-state index contributed by atoms with van der Waals surface area (Å²) in [6.45, 7) is 0. The molecule has 112 valence electrons. The fraction of sp³-hybridized carbons (Fsp3) is 0. The quantitative estimate of drug-likeness (QED) is 0.583. The Morgan fingerprint density at radius 1 is 1.00 bits per heavy atom. The first-order valence-electron chi connectivity index (χ1n) is 6.84. The van der Waals surface area contributed by atoms with Crippen molar-refractivity contribution in [3.63, 3.8) is 0 Å². The first-order valence-corrected chi connectivity index (χ1v) is 8.53. The highest BCUT2D eigenvalue weighted by Crippen LogP contribution is 2.37. The molecule has 0 aliphatic heterocycles. The Morgan fingerprint density at radius 3 is 2.57 bits per heavy atom. The Hall–Kier alpha value is -2.57. The van der Waals surface area contributed by atoms with E-state index in [1.165, 1.54) is 26.5 Å². The van der Waals surface area contributed by atoms with Gasteiger partial charge >= 0.3 is 5.97 Å². The molecule has 4 aromatic rings. The first kappa shape index (κ1) is 14.0. The molecular formula is C17H10N2O2S2. The third-order valence-corrected chi connectivity index (χ3v) is 5.72. The second kappa shape index (κ2) is 5.57. The molecule has 0 saturated carbocycles. The summed E-state index contributed by atoms with van der Waals surface area (Å²) >= 11 is 3.48. The summed E-state index contributed by atoms with van der Waals surface area (Å²) in [6, 6.07) is 11.2. The van der Waals surface area contributed by atoms with Gasteiger partial charge in [-0.15, -0.1) is 22.7 Å². The molecule has 6 heteroatoms. The number of aromatic carboxylic acids is 1. The Morgan fingerprint density at radius 2 is 1.78 bits per heavy atom. The van der Waals surface area contributed by atoms with Crippen LogP contribution in [0, 0.1) is 0 Å². The van der Waals surface area contributed by atoms with Crippen LogP contribution in [-0.2, 0) is 0 Å². The molecule has 0 aromatic carbocycles. The van der Waals surface area contributed by atoms with Crippen LogP contribution in [-0.4, -0.2) is 21.0 Å². The topological polar surface area (TPSA) is 63.1 Å². The number of rotatable bonds is 3. The molecule has 0 spiro atoms. The van der Waals surface area contributed by atoms with Crippen LogP contribution in [0.2, 0.25) is 0 Å². The molecule has 0 aliphatic rings. The highest BCUT2D eigenvalue weighted by atomic mass is 32.2. The van der Waals surface area contributed by atoms with Crippen LogP contribution < -0.4 is 0 Å². The molecular weight excluding hydrogens is 328 g/mol. The van der Waals surface area contributed by atoms with Gasteiger partial charge in [0.15, 0.2) is 0 Å². The second-order valence-corrected chi connectivity index (χ2v) is 7.17. The van der Waals surface area contributed by atoms with Gasteiger partial charge in [-0.2, -0.15) is 0 Å². The molecule has 4 aromatic heterocycles. The maximum absolute atomic E-state index is 11.1. The van der Waals surface area contributed by atoms with Gasteiger partial charge in [0.05, 0.1) is 21.0 Å². The number of aromatic nitrogens is 2. The van der Waals surface area contributed by atoms with Crippen molar-refractivity contribution in [3.05, 3.63) is 59.7 Å². The van der Waals surface area contributed by atoms with Gasteiger partial charge in [-0.25, -0.2) is 4.79 Å². The molecule has 23 heavy (non-hydrogen) atoms. The normalized spacial score (nSPS) is 11.0. The van der Waals surface area contributed by atoms with E-state index >= 15 is 0 Å². The van der Waals surface area contributed by atoms with Gasteiger partial charge in [0.1, 0.15) is 0 Å². The Balaban J connectivity index is 1.78. The average Bonchev–Trinajstić information content (AvgIpc) is 3.17. The number of pyridine rings is 2. The Kier molecular flexibility index (Phi) is 3.40. The molecule has 0 fully saturated rings. The van der Waals surface area contributed by atoms with E-state index in [2.05, 4.69) is 27.5 Å². The van der Waals surface area contributed by atoms with Gasteiger partial charge in [0, 0.05) is 22.7 Å². The molecule has 0 atom stereocenters. The van der Waals surface area contributed by atoms with Crippen molar-refractivity contribution in [3.8, 4) is 21.8 Å². The highest BCUT2D eigenvalue weighted by Gasteiger charge is 2.10. The third-order valence-electron chi connectivity index (χ3n) is 3.46. The number of hydrogen-bond donors (Lipinski definition) is 1. The third kappa shape index (κ3) is 2.62. The van der Waals surface area contributed by atoms with E-state index in [1.54, 1.807) is 34.9 Å². The summed E-state index contributed by atoms with van der Waals surface area (Å²) < 4.78 is 1.30. The summed E-state index contributed by atoms with van der Waals surface area (Å²) in [5.74, 6) is -0.969. The summed E-state index contributed by atoms with van der Waals surface area (Å²) in [6.07, 6.45) is 3.22. The van der Waals surface area contributed by atoms with Crippen molar-refractivity contribution in [2.24, 2.45) is 0 Å². The van der Waals surface area contributed by atoms with E-state index in [9.17, 15) is 4.79 Å². The number of carbonyl (C=O) groups is 1. The SMILES string of the molecule is O=C(O)c1ccnc(-c2cc(-c3cc4ccsc4s3)ccn2)c1. The molecule has 0 bridgehead atoms. The fourth-order valence-electron chi connectivity index (χ4n) is 2.34.